The Hall–Kier alpha value is -1.68. The molecule has 3 nitrogen and oxygen atoms in total. The van der Waals surface area contributed by atoms with Gasteiger partial charge in [0, 0.05) is 22.5 Å². The zero-order valence-corrected chi connectivity index (χ0v) is 11.9. The van der Waals surface area contributed by atoms with Gasteiger partial charge in [0.05, 0.1) is 11.0 Å². The van der Waals surface area contributed by atoms with Gasteiger partial charge in [-0.2, -0.15) is 0 Å². The number of para-hydroxylation sites is 2. The number of hydrogen-bond donors (Lipinski definition) is 0. The molecule has 0 saturated carbocycles. The number of allylic oxidation sites excluding steroid dienone is 4. The number of alkyl halides is 1. The van der Waals surface area contributed by atoms with Crippen LogP contribution in [0.25, 0.3) is 16.7 Å². The highest BCUT2D eigenvalue weighted by Gasteiger charge is 2.36. The first-order chi connectivity index (χ1) is 9.16. The Morgan fingerprint density at radius 3 is 3.00 bits per heavy atom. The number of rotatable bonds is 0. The van der Waals surface area contributed by atoms with Gasteiger partial charge in [-0.25, -0.2) is 4.98 Å². The van der Waals surface area contributed by atoms with E-state index in [4.69, 9.17) is 0 Å². The van der Waals surface area contributed by atoms with Crippen LogP contribution in [0, 0.1) is 0 Å². The van der Waals surface area contributed by atoms with E-state index in [1.807, 2.05) is 35.8 Å². The minimum Gasteiger partial charge on any atom is -0.293 e. The molecule has 19 heavy (non-hydrogen) atoms. The van der Waals surface area contributed by atoms with Gasteiger partial charge in [0.25, 0.3) is 0 Å². The van der Waals surface area contributed by atoms with Crippen LogP contribution in [0.1, 0.15) is 24.0 Å². The molecule has 1 aliphatic carbocycles. The van der Waals surface area contributed by atoms with Crippen LogP contribution in [0.4, 0.5) is 0 Å². The summed E-state index contributed by atoms with van der Waals surface area (Å²) in [4.78, 5) is 17.3. The molecule has 0 N–H and O–H groups in total. The third kappa shape index (κ3) is 1.38. The molecule has 1 atom stereocenters. The van der Waals surface area contributed by atoms with Crippen molar-refractivity contribution in [3.63, 3.8) is 0 Å². The van der Waals surface area contributed by atoms with Crippen LogP contribution in [0.2, 0.25) is 0 Å². The second kappa shape index (κ2) is 3.67. The van der Waals surface area contributed by atoms with E-state index in [0.29, 0.717) is 5.82 Å². The van der Waals surface area contributed by atoms with E-state index in [-0.39, 0.29) is 10.6 Å². The van der Waals surface area contributed by atoms with Crippen molar-refractivity contribution in [2.75, 3.05) is 0 Å². The molecule has 0 spiro atoms. The summed E-state index contributed by atoms with van der Waals surface area (Å²) in [6.07, 6.45) is 2.93. The van der Waals surface area contributed by atoms with Crippen molar-refractivity contribution in [2.24, 2.45) is 0 Å². The van der Waals surface area contributed by atoms with E-state index in [0.717, 1.165) is 34.3 Å². The molecule has 0 fully saturated rings. The average molecular weight is 315 g/mol. The molecular formula is C15H11BrN2O. The van der Waals surface area contributed by atoms with Crippen LogP contribution in [-0.4, -0.2) is 20.2 Å². The van der Waals surface area contributed by atoms with E-state index in [2.05, 4.69) is 27.0 Å². The van der Waals surface area contributed by atoms with E-state index < -0.39 is 0 Å². The molecule has 0 amide bonds. The number of nitrogens with zero attached hydrogens (tertiary/aromatic N) is 2. The van der Waals surface area contributed by atoms with Gasteiger partial charge in [0.15, 0.2) is 5.82 Å². The zero-order valence-electron chi connectivity index (χ0n) is 10.4. The number of benzene rings is 1. The van der Waals surface area contributed by atoms with E-state index in [1.165, 1.54) is 0 Å². The maximum atomic E-state index is 12.5. The minimum absolute atomic E-state index is 0.0550. The highest BCUT2D eigenvalue weighted by atomic mass is 79.9. The molecule has 1 aromatic carbocycles. The zero-order chi connectivity index (χ0) is 13.1. The molecule has 0 saturated heterocycles. The lowest BCUT2D eigenvalue weighted by atomic mass is 9.95. The molecular weight excluding hydrogens is 304 g/mol. The topological polar surface area (TPSA) is 34.9 Å². The highest BCUT2D eigenvalue weighted by Crippen LogP contribution is 2.40. The van der Waals surface area contributed by atoms with Crippen LogP contribution in [-0.2, 0) is 0 Å². The van der Waals surface area contributed by atoms with Crippen LogP contribution in [0.3, 0.4) is 0 Å². The van der Waals surface area contributed by atoms with Gasteiger partial charge in [0.1, 0.15) is 0 Å². The number of ketones is 1. The maximum absolute atomic E-state index is 12.5. The number of carbonyl (C=O) groups excluding carboxylic acids is 1. The monoisotopic (exact) mass is 314 g/mol. The van der Waals surface area contributed by atoms with Crippen molar-refractivity contribution >= 4 is 38.4 Å². The van der Waals surface area contributed by atoms with Crippen molar-refractivity contribution in [1.29, 1.82) is 0 Å². The van der Waals surface area contributed by atoms with Crippen molar-refractivity contribution in [3.05, 3.63) is 47.3 Å². The summed E-state index contributed by atoms with van der Waals surface area (Å²) in [5.41, 5.74) is 4.86. The normalized spacial score (nSPS) is 21.7. The summed E-state index contributed by atoms with van der Waals surface area (Å²) >= 11 is 3.63. The second-order valence-electron chi connectivity index (χ2n) is 4.98. The van der Waals surface area contributed by atoms with Crippen molar-refractivity contribution in [2.45, 2.75) is 18.2 Å². The smallest absolute Gasteiger partial charge is 0.230 e. The van der Waals surface area contributed by atoms with E-state index in [1.54, 1.807) is 0 Å². The first-order valence-electron chi connectivity index (χ1n) is 6.25. The van der Waals surface area contributed by atoms with Gasteiger partial charge < -0.3 is 0 Å². The first kappa shape index (κ1) is 11.2. The fourth-order valence-corrected chi connectivity index (χ4v) is 3.71. The number of aromatic nitrogens is 2. The Morgan fingerprint density at radius 2 is 2.16 bits per heavy atom. The third-order valence-electron chi connectivity index (χ3n) is 3.76. The number of fused-ring (bicyclic) bond motifs is 4. The predicted octanol–water partition coefficient (Wildman–Crippen LogP) is 3.56. The first-order valence-corrected chi connectivity index (χ1v) is 7.17. The van der Waals surface area contributed by atoms with Gasteiger partial charge in [-0.3, -0.25) is 9.36 Å². The molecule has 1 aromatic heterocycles. The summed E-state index contributed by atoms with van der Waals surface area (Å²) in [5, 5.41) is 0. The number of halogens is 1. The van der Waals surface area contributed by atoms with E-state index in [9.17, 15) is 4.79 Å². The molecule has 2 aliphatic rings. The highest BCUT2D eigenvalue weighted by molar-refractivity contribution is 9.09. The number of Topliss-reactive ketones (excluding diaryl/α,β-unsaturated/α-hetero) is 1. The molecule has 2 heterocycles. The molecule has 0 radical (unpaired) electrons. The Morgan fingerprint density at radius 1 is 1.37 bits per heavy atom. The molecule has 4 heteroatoms. The number of carbonyl (C=O) groups is 1. The fourth-order valence-electron chi connectivity index (χ4n) is 3.00. The quantitative estimate of drug-likeness (QED) is 0.697. The lowest BCUT2D eigenvalue weighted by molar-refractivity contribution is 0.103. The third-order valence-corrected chi connectivity index (χ3v) is 4.35. The van der Waals surface area contributed by atoms with Crippen LogP contribution < -0.4 is 0 Å². The predicted molar refractivity (Wildman–Crippen MR) is 78.4 cm³/mol. The van der Waals surface area contributed by atoms with Crippen molar-refractivity contribution in [1.82, 2.24) is 9.55 Å². The summed E-state index contributed by atoms with van der Waals surface area (Å²) in [5.74, 6) is 0.611. The van der Waals surface area contributed by atoms with E-state index >= 15 is 0 Å². The van der Waals surface area contributed by atoms with Gasteiger partial charge in [0.2, 0.25) is 5.78 Å². The SMILES string of the molecule is CC1=CC(Br)CC2=C1C(=O)c1nc3ccccc3n12. The maximum Gasteiger partial charge on any atom is 0.230 e. The lowest BCUT2D eigenvalue weighted by Crippen LogP contribution is -2.09. The van der Waals surface area contributed by atoms with Gasteiger partial charge in [-0.1, -0.05) is 34.1 Å². The Balaban J connectivity index is 2.07. The fraction of sp³-hybridized carbons (Fsp3) is 0.200. The standard InChI is InChI=1S/C15H11BrN2O/c1-8-6-9(16)7-12-13(8)14(19)15-17-10-4-2-3-5-11(10)18(12)15/h2-6,9H,7H2,1H3. The molecule has 0 bridgehead atoms. The number of imidazole rings is 1. The molecule has 2 aromatic rings. The van der Waals surface area contributed by atoms with Crippen LogP contribution in [0.5, 0.6) is 0 Å². The second-order valence-corrected chi connectivity index (χ2v) is 6.16. The summed E-state index contributed by atoms with van der Waals surface area (Å²) < 4.78 is 2.03. The van der Waals surface area contributed by atoms with Crippen molar-refractivity contribution < 1.29 is 4.79 Å². The van der Waals surface area contributed by atoms with Gasteiger partial charge >= 0.3 is 0 Å². The van der Waals surface area contributed by atoms with Crippen molar-refractivity contribution in [3.8, 4) is 0 Å². The van der Waals surface area contributed by atoms with Gasteiger partial charge in [-0.05, 0) is 24.6 Å². The summed E-state index contributed by atoms with van der Waals surface area (Å²) in [7, 11) is 0. The lowest BCUT2D eigenvalue weighted by Gasteiger charge is -2.17. The Labute approximate surface area is 118 Å². The van der Waals surface area contributed by atoms with Crippen LogP contribution >= 0.6 is 15.9 Å². The molecule has 94 valence electrons. The molecule has 1 unspecified atom stereocenters. The number of hydrogen-bond acceptors (Lipinski definition) is 2. The molecule has 1 aliphatic heterocycles. The van der Waals surface area contributed by atoms with Gasteiger partial charge in [-0.15, -0.1) is 0 Å². The van der Waals surface area contributed by atoms with Crippen LogP contribution in [0.15, 0.2) is 41.5 Å². The average Bonchev–Trinajstić information content (AvgIpc) is 2.87. The Kier molecular flexibility index (Phi) is 2.16. The summed E-state index contributed by atoms with van der Waals surface area (Å²) in [6, 6.07) is 7.90. The summed E-state index contributed by atoms with van der Waals surface area (Å²) in [6.45, 7) is 2.00. The largest absolute Gasteiger partial charge is 0.293 e. The Bertz CT molecular complexity index is 798. The minimum atomic E-state index is 0.0550. The molecule has 4 rings (SSSR count).